The standard InChI is InChI=1S/C10H9ClNOS/c11-8-1-3-10(4-2-8)14-6-9-5-13-7-12-9/h1-4,9H,5-6H2. The first-order chi connectivity index (χ1) is 6.84. The van der Waals surface area contributed by atoms with Gasteiger partial charge in [-0.3, -0.25) is 0 Å². The number of ether oxygens (including phenoxy) is 1. The second kappa shape index (κ2) is 4.71. The fourth-order valence-electron chi connectivity index (χ4n) is 1.09. The third-order valence-corrected chi connectivity index (χ3v) is 3.24. The molecule has 0 aromatic heterocycles. The molecule has 4 heteroatoms. The van der Waals surface area contributed by atoms with Crippen LogP contribution in [-0.2, 0) is 4.74 Å². The summed E-state index contributed by atoms with van der Waals surface area (Å²) >= 11 is 7.54. The van der Waals surface area contributed by atoms with Gasteiger partial charge >= 0.3 is 0 Å². The molecular weight excluding hydrogens is 218 g/mol. The van der Waals surface area contributed by atoms with Crippen molar-refractivity contribution in [1.82, 2.24) is 0 Å². The number of aliphatic imine (C=N–C) groups is 1. The van der Waals surface area contributed by atoms with Gasteiger partial charge in [-0.15, -0.1) is 11.8 Å². The largest absolute Gasteiger partial charge is 0.472 e. The Morgan fingerprint density at radius 3 is 2.93 bits per heavy atom. The van der Waals surface area contributed by atoms with Crippen LogP contribution in [0.5, 0.6) is 0 Å². The molecule has 0 N–H and O–H groups in total. The van der Waals surface area contributed by atoms with Crippen LogP contribution in [0.4, 0.5) is 0 Å². The van der Waals surface area contributed by atoms with Crippen molar-refractivity contribution in [2.75, 3.05) is 12.4 Å². The highest BCUT2D eigenvalue weighted by molar-refractivity contribution is 7.99. The lowest BCUT2D eigenvalue weighted by atomic mass is 10.4. The van der Waals surface area contributed by atoms with Crippen molar-refractivity contribution in [2.45, 2.75) is 10.9 Å². The van der Waals surface area contributed by atoms with Gasteiger partial charge in [0.15, 0.2) is 0 Å². The Kier molecular flexibility index (Phi) is 3.32. The summed E-state index contributed by atoms with van der Waals surface area (Å²) in [4.78, 5) is 5.25. The zero-order valence-electron chi connectivity index (χ0n) is 7.44. The van der Waals surface area contributed by atoms with Gasteiger partial charge in [-0.05, 0) is 24.3 Å². The monoisotopic (exact) mass is 226 g/mol. The summed E-state index contributed by atoms with van der Waals surface area (Å²) in [6.07, 6.45) is 2.51. The molecule has 0 saturated carbocycles. The lowest BCUT2D eigenvalue weighted by molar-refractivity contribution is 0.336. The minimum Gasteiger partial charge on any atom is -0.472 e. The molecule has 1 aromatic carbocycles. The van der Waals surface area contributed by atoms with Crippen molar-refractivity contribution in [1.29, 1.82) is 0 Å². The molecule has 1 atom stereocenters. The highest BCUT2D eigenvalue weighted by Gasteiger charge is 2.12. The van der Waals surface area contributed by atoms with Gasteiger partial charge in [0, 0.05) is 15.7 Å². The Labute approximate surface area is 92.3 Å². The minimum absolute atomic E-state index is 0.246. The number of benzene rings is 1. The predicted molar refractivity (Wildman–Crippen MR) is 59.4 cm³/mol. The molecule has 1 unspecified atom stereocenters. The molecule has 0 amide bonds. The van der Waals surface area contributed by atoms with E-state index in [4.69, 9.17) is 16.3 Å². The highest BCUT2D eigenvalue weighted by Crippen LogP contribution is 2.22. The third kappa shape index (κ3) is 2.66. The molecule has 0 aliphatic carbocycles. The summed E-state index contributed by atoms with van der Waals surface area (Å²) in [5, 5.41) is 0.768. The van der Waals surface area contributed by atoms with Crippen LogP contribution < -0.4 is 0 Å². The SMILES string of the molecule is Clc1ccc(SCC2CO[C]=N2)cc1. The van der Waals surface area contributed by atoms with E-state index in [1.54, 1.807) is 11.8 Å². The fourth-order valence-corrected chi connectivity index (χ4v) is 2.10. The van der Waals surface area contributed by atoms with Gasteiger partial charge in [0.2, 0.25) is 0 Å². The third-order valence-electron chi connectivity index (χ3n) is 1.83. The van der Waals surface area contributed by atoms with Gasteiger partial charge in [-0.2, -0.15) is 0 Å². The maximum absolute atomic E-state index is 5.78. The van der Waals surface area contributed by atoms with E-state index < -0.39 is 0 Å². The predicted octanol–water partition coefficient (Wildman–Crippen LogP) is 2.74. The van der Waals surface area contributed by atoms with Crippen molar-refractivity contribution >= 4 is 29.8 Å². The van der Waals surface area contributed by atoms with E-state index in [1.165, 1.54) is 4.90 Å². The molecule has 2 nitrogen and oxygen atoms in total. The van der Waals surface area contributed by atoms with Gasteiger partial charge in [0.1, 0.15) is 6.61 Å². The number of hydrogen-bond acceptors (Lipinski definition) is 3. The van der Waals surface area contributed by atoms with Gasteiger partial charge in [-0.1, -0.05) is 11.6 Å². The van der Waals surface area contributed by atoms with Crippen LogP contribution in [0.1, 0.15) is 0 Å². The molecule has 0 fully saturated rings. The quantitative estimate of drug-likeness (QED) is 0.740. The van der Waals surface area contributed by atoms with Gasteiger partial charge in [-0.25, -0.2) is 4.99 Å². The molecule has 0 saturated heterocycles. The van der Waals surface area contributed by atoms with Crippen LogP contribution in [0, 0.1) is 0 Å². The van der Waals surface area contributed by atoms with E-state index >= 15 is 0 Å². The van der Waals surface area contributed by atoms with Crippen molar-refractivity contribution in [3.63, 3.8) is 0 Å². The first kappa shape index (κ1) is 9.87. The van der Waals surface area contributed by atoms with E-state index in [9.17, 15) is 0 Å². The Balaban J connectivity index is 1.85. The van der Waals surface area contributed by atoms with E-state index in [0.717, 1.165) is 10.8 Å². The average molecular weight is 227 g/mol. The second-order valence-electron chi connectivity index (χ2n) is 2.95. The summed E-state index contributed by atoms with van der Waals surface area (Å²) in [6.45, 7) is 0.653. The van der Waals surface area contributed by atoms with Gasteiger partial charge < -0.3 is 4.74 Å². The second-order valence-corrected chi connectivity index (χ2v) is 4.48. The van der Waals surface area contributed by atoms with Crippen LogP contribution >= 0.6 is 23.4 Å². The summed E-state index contributed by atoms with van der Waals surface area (Å²) in [5.41, 5.74) is 0. The van der Waals surface area contributed by atoms with E-state index in [1.807, 2.05) is 24.3 Å². The molecular formula is C10H9ClNOS. The topological polar surface area (TPSA) is 21.6 Å². The first-order valence-corrected chi connectivity index (χ1v) is 5.66. The molecule has 14 heavy (non-hydrogen) atoms. The summed E-state index contributed by atoms with van der Waals surface area (Å²) in [5.74, 6) is 0.925. The van der Waals surface area contributed by atoms with Crippen LogP contribution in [0.3, 0.4) is 0 Å². The Bertz CT molecular complexity index is 325. The van der Waals surface area contributed by atoms with Crippen LogP contribution in [0.15, 0.2) is 34.2 Å². The Hall–Kier alpha value is -0.670. The van der Waals surface area contributed by atoms with E-state index in [0.29, 0.717) is 6.61 Å². The zero-order valence-corrected chi connectivity index (χ0v) is 9.02. The molecule has 73 valence electrons. The lowest BCUT2D eigenvalue weighted by Gasteiger charge is -2.04. The normalized spacial score (nSPS) is 19.6. The molecule has 1 aliphatic heterocycles. The fraction of sp³-hybridized carbons (Fsp3) is 0.300. The van der Waals surface area contributed by atoms with Crippen molar-refractivity contribution < 1.29 is 4.74 Å². The highest BCUT2D eigenvalue weighted by atomic mass is 35.5. The number of nitrogens with zero attached hydrogens (tertiary/aromatic N) is 1. The molecule has 1 aromatic rings. The maximum atomic E-state index is 5.78. The van der Waals surface area contributed by atoms with Crippen LogP contribution in [0.2, 0.25) is 5.02 Å². The van der Waals surface area contributed by atoms with Crippen molar-refractivity contribution in [3.8, 4) is 0 Å². The van der Waals surface area contributed by atoms with Crippen LogP contribution in [0.25, 0.3) is 0 Å². The smallest absolute Gasteiger partial charge is 0.273 e. The summed E-state index contributed by atoms with van der Waals surface area (Å²) in [6, 6.07) is 8.05. The van der Waals surface area contributed by atoms with E-state index in [2.05, 4.69) is 11.4 Å². The molecule has 1 radical (unpaired) electrons. The molecule has 1 aliphatic rings. The van der Waals surface area contributed by atoms with E-state index in [-0.39, 0.29) is 6.04 Å². The number of rotatable bonds is 3. The number of halogens is 1. The molecule has 0 bridgehead atoms. The number of thioether (sulfide) groups is 1. The first-order valence-electron chi connectivity index (χ1n) is 4.29. The van der Waals surface area contributed by atoms with Gasteiger partial charge in [0.25, 0.3) is 6.40 Å². The number of hydrogen-bond donors (Lipinski definition) is 0. The van der Waals surface area contributed by atoms with Crippen LogP contribution in [-0.4, -0.2) is 24.8 Å². The van der Waals surface area contributed by atoms with Gasteiger partial charge in [0.05, 0.1) is 6.04 Å². The average Bonchev–Trinajstić information content (AvgIpc) is 2.70. The maximum Gasteiger partial charge on any atom is 0.273 e. The summed E-state index contributed by atoms with van der Waals surface area (Å²) in [7, 11) is 0. The molecule has 1 heterocycles. The van der Waals surface area contributed by atoms with Crippen molar-refractivity contribution in [2.24, 2.45) is 4.99 Å². The minimum atomic E-state index is 0.246. The molecule has 0 spiro atoms. The Morgan fingerprint density at radius 2 is 2.29 bits per heavy atom. The Morgan fingerprint density at radius 1 is 1.50 bits per heavy atom. The zero-order chi connectivity index (χ0) is 9.80. The molecule has 2 rings (SSSR count). The lowest BCUT2D eigenvalue weighted by Crippen LogP contribution is -2.08. The van der Waals surface area contributed by atoms with Crippen molar-refractivity contribution in [3.05, 3.63) is 29.3 Å². The summed E-state index contributed by atoms with van der Waals surface area (Å²) < 4.78 is 4.91.